The van der Waals surface area contributed by atoms with Crippen molar-refractivity contribution < 1.29 is 9.34 Å². The number of nitro benzene ring substituents is 1. The van der Waals surface area contributed by atoms with E-state index in [-0.39, 0.29) is 5.69 Å². The fourth-order valence-corrected chi connectivity index (χ4v) is 2.74. The molecule has 2 aromatic carbocycles. The van der Waals surface area contributed by atoms with Gasteiger partial charge in [0, 0.05) is 12.1 Å². The van der Waals surface area contributed by atoms with Crippen LogP contribution in [0.3, 0.4) is 0 Å². The fraction of sp³-hybridized carbons (Fsp3) is 0. The first-order chi connectivity index (χ1) is 13.2. The lowest BCUT2D eigenvalue weighted by Gasteiger charge is -2.04. The van der Waals surface area contributed by atoms with Crippen molar-refractivity contribution in [1.29, 1.82) is 0 Å². The largest absolute Gasteiger partial charge is 0.463 e. The molecule has 0 aliphatic rings. The van der Waals surface area contributed by atoms with Crippen molar-refractivity contribution in [3.8, 4) is 17.1 Å². The van der Waals surface area contributed by atoms with Gasteiger partial charge in [0.05, 0.1) is 22.6 Å². The van der Waals surface area contributed by atoms with Crippen molar-refractivity contribution >= 4 is 17.8 Å². The summed E-state index contributed by atoms with van der Waals surface area (Å²) in [5.74, 6) is 0.723. The van der Waals surface area contributed by atoms with Gasteiger partial charge in [-0.1, -0.05) is 24.3 Å². The van der Waals surface area contributed by atoms with Gasteiger partial charge < -0.3 is 4.42 Å². The third-order valence-electron chi connectivity index (χ3n) is 4.05. The van der Waals surface area contributed by atoms with Crippen LogP contribution in [0.1, 0.15) is 11.3 Å². The van der Waals surface area contributed by atoms with Gasteiger partial charge in [-0.25, -0.2) is 4.68 Å². The maximum absolute atomic E-state index is 10.7. The van der Waals surface area contributed by atoms with Crippen LogP contribution in [0, 0.1) is 10.1 Å². The smallest absolute Gasteiger partial charge is 0.269 e. The molecule has 6 nitrogen and oxygen atoms in total. The number of nitro groups is 1. The minimum atomic E-state index is -0.412. The fourth-order valence-electron chi connectivity index (χ4n) is 2.74. The van der Waals surface area contributed by atoms with Crippen molar-refractivity contribution in [1.82, 2.24) is 9.78 Å². The molecule has 0 saturated carbocycles. The van der Waals surface area contributed by atoms with Crippen LogP contribution in [0.2, 0.25) is 0 Å². The summed E-state index contributed by atoms with van der Waals surface area (Å²) in [6.07, 6.45) is 5.37. The average Bonchev–Trinajstić information content (AvgIpc) is 3.37. The molecule has 0 aliphatic carbocycles. The third-order valence-corrected chi connectivity index (χ3v) is 4.05. The zero-order valence-electron chi connectivity index (χ0n) is 14.2. The molecule has 0 amide bonds. The molecule has 0 bridgehead atoms. The number of benzene rings is 2. The van der Waals surface area contributed by atoms with E-state index in [1.807, 2.05) is 65.4 Å². The van der Waals surface area contributed by atoms with Crippen molar-refractivity contribution in [2.75, 3.05) is 0 Å². The predicted octanol–water partition coefficient (Wildman–Crippen LogP) is 5.21. The molecular weight excluding hydrogens is 342 g/mol. The minimum Gasteiger partial charge on any atom is -0.463 e. The number of non-ortho nitro benzene ring substituents is 1. The molecule has 4 aromatic rings. The van der Waals surface area contributed by atoms with E-state index < -0.39 is 4.92 Å². The van der Waals surface area contributed by atoms with Gasteiger partial charge in [-0.2, -0.15) is 5.10 Å². The van der Waals surface area contributed by atoms with E-state index >= 15 is 0 Å². The number of hydrogen-bond donors (Lipinski definition) is 0. The summed E-state index contributed by atoms with van der Waals surface area (Å²) < 4.78 is 7.37. The van der Waals surface area contributed by atoms with Crippen LogP contribution in [0.25, 0.3) is 29.3 Å². The number of hydrogen-bond acceptors (Lipinski definition) is 4. The number of para-hydroxylation sites is 1. The predicted molar refractivity (Wildman–Crippen MR) is 103 cm³/mol. The van der Waals surface area contributed by atoms with Gasteiger partial charge in [0.25, 0.3) is 5.69 Å². The van der Waals surface area contributed by atoms with E-state index in [4.69, 9.17) is 4.42 Å². The van der Waals surface area contributed by atoms with Crippen LogP contribution in [-0.2, 0) is 0 Å². The van der Waals surface area contributed by atoms with Gasteiger partial charge in [-0.3, -0.25) is 10.1 Å². The molecule has 0 unspecified atom stereocenters. The minimum absolute atomic E-state index is 0.0700. The summed E-state index contributed by atoms with van der Waals surface area (Å²) in [5, 5.41) is 15.4. The van der Waals surface area contributed by atoms with Gasteiger partial charge in [-0.05, 0) is 54.1 Å². The monoisotopic (exact) mass is 357 g/mol. The van der Waals surface area contributed by atoms with Crippen molar-refractivity contribution in [3.63, 3.8) is 0 Å². The summed E-state index contributed by atoms with van der Waals surface area (Å²) in [4.78, 5) is 10.3. The second kappa shape index (κ2) is 7.13. The maximum Gasteiger partial charge on any atom is 0.269 e. The molecule has 0 radical (unpaired) electrons. The van der Waals surface area contributed by atoms with Gasteiger partial charge >= 0.3 is 0 Å². The van der Waals surface area contributed by atoms with Gasteiger partial charge in [0.1, 0.15) is 5.69 Å². The Labute approximate surface area is 155 Å². The summed E-state index contributed by atoms with van der Waals surface area (Å²) in [6, 6.07) is 21.9. The first-order valence-corrected chi connectivity index (χ1v) is 8.32. The topological polar surface area (TPSA) is 74.1 Å². The lowest BCUT2D eigenvalue weighted by molar-refractivity contribution is -0.384. The molecule has 0 atom stereocenters. The van der Waals surface area contributed by atoms with Gasteiger partial charge in [-0.15, -0.1) is 0 Å². The molecular formula is C21H15N3O3. The second-order valence-corrected chi connectivity index (χ2v) is 5.86. The van der Waals surface area contributed by atoms with Crippen LogP contribution in [0.4, 0.5) is 5.69 Å². The second-order valence-electron chi connectivity index (χ2n) is 5.86. The number of aromatic nitrogens is 2. The molecule has 0 N–H and O–H groups in total. The van der Waals surface area contributed by atoms with Crippen LogP contribution in [0.5, 0.6) is 0 Å². The Bertz CT molecular complexity index is 1080. The van der Waals surface area contributed by atoms with Crippen LogP contribution in [-0.4, -0.2) is 14.7 Å². The maximum atomic E-state index is 10.7. The Hall–Kier alpha value is -3.93. The van der Waals surface area contributed by atoms with E-state index in [2.05, 4.69) is 5.10 Å². The van der Waals surface area contributed by atoms with Crippen LogP contribution >= 0.6 is 0 Å². The first kappa shape index (κ1) is 16.5. The molecule has 2 aromatic heterocycles. The van der Waals surface area contributed by atoms with Crippen LogP contribution in [0.15, 0.2) is 83.5 Å². The van der Waals surface area contributed by atoms with Crippen molar-refractivity contribution in [3.05, 3.63) is 100 Å². The molecule has 132 valence electrons. The Morgan fingerprint density at radius 3 is 2.41 bits per heavy atom. The standard InChI is InChI=1S/C21H15N3O3/c25-24(26)19-12-9-16(10-13-19)8-11-17-15-20(21-7-4-14-27-21)23(22-17)18-5-2-1-3-6-18/h1-15H. The Morgan fingerprint density at radius 2 is 1.74 bits per heavy atom. The summed E-state index contributed by atoms with van der Waals surface area (Å²) in [7, 11) is 0. The summed E-state index contributed by atoms with van der Waals surface area (Å²) >= 11 is 0. The Kier molecular flexibility index (Phi) is 4.37. The lowest BCUT2D eigenvalue weighted by Crippen LogP contribution is -1.98. The molecule has 0 spiro atoms. The Morgan fingerprint density at radius 1 is 0.963 bits per heavy atom. The van der Waals surface area contributed by atoms with E-state index in [0.29, 0.717) is 0 Å². The number of nitrogens with zero attached hydrogens (tertiary/aromatic N) is 3. The lowest BCUT2D eigenvalue weighted by atomic mass is 10.2. The van der Waals surface area contributed by atoms with Crippen molar-refractivity contribution in [2.45, 2.75) is 0 Å². The molecule has 0 fully saturated rings. The SMILES string of the molecule is O=[N+]([O-])c1ccc(C=Cc2cc(-c3ccco3)n(-c3ccccc3)n2)cc1. The first-order valence-electron chi connectivity index (χ1n) is 8.32. The van der Waals surface area contributed by atoms with E-state index in [9.17, 15) is 10.1 Å². The third kappa shape index (κ3) is 3.55. The van der Waals surface area contributed by atoms with E-state index in [1.165, 1.54) is 12.1 Å². The summed E-state index contributed by atoms with van der Waals surface area (Å²) in [6.45, 7) is 0. The molecule has 0 saturated heterocycles. The molecule has 27 heavy (non-hydrogen) atoms. The quantitative estimate of drug-likeness (QED) is 0.363. The highest BCUT2D eigenvalue weighted by molar-refractivity contribution is 5.71. The number of furan rings is 1. The molecule has 0 aliphatic heterocycles. The zero-order chi connectivity index (χ0) is 18.6. The highest BCUT2D eigenvalue weighted by atomic mass is 16.6. The van der Waals surface area contributed by atoms with E-state index in [0.717, 1.165) is 28.4 Å². The van der Waals surface area contributed by atoms with Gasteiger partial charge in [0.2, 0.25) is 0 Å². The normalized spacial score (nSPS) is 11.1. The number of rotatable bonds is 5. The summed E-state index contributed by atoms with van der Waals surface area (Å²) in [5.41, 5.74) is 3.45. The van der Waals surface area contributed by atoms with Crippen LogP contribution < -0.4 is 0 Å². The highest BCUT2D eigenvalue weighted by Gasteiger charge is 2.12. The zero-order valence-corrected chi connectivity index (χ0v) is 14.2. The molecule has 4 rings (SSSR count). The molecule has 6 heteroatoms. The van der Waals surface area contributed by atoms with Crippen molar-refractivity contribution in [2.24, 2.45) is 0 Å². The van der Waals surface area contributed by atoms with E-state index in [1.54, 1.807) is 18.4 Å². The van der Waals surface area contributed by atoms with Gasteiger partial charge in [0.15, 0.2) is 5.76 Å². The average molecular weight is 357 g/mol. The Balaban J connectivity index is 1.68. The molecule has 2 heterocycles. The highest BCUT2D eigenvalue weighted by Crippen LogP contribution is 2.25.